The van der Waals surface area contributed by atoms with Gasteiger partial charge < -0.3 is 5.32 Å². The van der Waals surface area contributed by atoms with Crippen molar-refractivity contribution in [3.8, 4) is 6.07 Å². The second kappa shape index (κ2) is 5.00. The van der Waals surface area contributed by atoms with Crippen molar-refractivity contribution in [3.05, 3.63) is 28.3 Å². The van der Waals surface area contributed by atoms with Crippen LogP contribution in [-0.4, -0.2) is 5.91 Å². The fraction of sp³-hybridized carbons (Fsp3) is 0.333. The number of nitriles is 1. The number of nitrogens with zero attached hydrogens (tertiary/aromatic N) is 1. The van der Waals surface area contributed by atoms with Crippen LogP contribution < -0.4 is 5.32 Å². The van der Waals surface area contributed by atoms with Crippen molar-refractivity contribution < 1.29 is 4.79 Å². The van der Waals surface area contributed by atoms with Gasteiger partial charge in [0.2, 0.25) is 5.91 Å². The zero-order valence-corrected chi connectivity index (χ0v) is 10.2. The number of amides is 1. The molecule has 1 aromatic rings. The van der Waals surface area contributed by atoms with Crippen LogP contribution in [0.5, 0.6) is 0 Å². The highest BCUT2D eigenvalue weighted by molar-refractivity contribution is 6.34. The molecule has 0 radical (unpaired) electrons. The highest BCUT2D eigenvalue weighted by Crippen LogP contribution is 2.27. The van der Waals surface area contributed by atoms with Gasteiger partial charge in [0.05, 0.1) is 16.8 Å². The summed E-state index contributed by atoms with van der Waals surface area (Å²) in [6, 6.07) is 5.59. The summed E-state index contributed by atoms with van der Waals surface area (Å²) in [4.78, 5) is 11.5. The number of aryl methyl sites for hydroxylation is 2. The van der Waals surface area contributed by atoms with Gasteiger partial charge in [0, 0.05) is 0 Å². The monoisotopic (exact) mass is 236 g/mol. The van der Waals surface area contributed by atoms with Crippen molar-refractivity contribution in [3.63, 3.8) is 0 Å². The van der Waals surface area contributed by atoms with E-state index in [1.54, 1.807) is 13.0 Å². The van der Waals surface area contributed by atoms with E-state index in [1.807, 2.05) is 26.0 Å². The van der Waals surface area contributed by atoms with Crippen molar-refractivity contribution >= 4 is 23.2 Å². The highest BCUT2D eigenvalue weighted by atomic mass is 35.5. The first-order valence-electron chi connectivity index (χ1n) is 4.93. The molecular weight excluding hydrogens is 224 g/mol. The average Bonchev–Trinajstić information content (AvgIpc) is 2.21. The number of nitrogens with one attached hydrogen (secondary N) is 1. The van der Waals surface area contributed by atoms with Crippen LogP contribution in [0.4, 0.5) is 5.69 Å². The minimum absolute atomic E-state index is 0.337. The van der Waals surface area contributed by atoms with Crippen LogP contribution in [0.25, 0.3) is 0 Å². The van der Waals surface area contributed by atoms with Crippen LogP contribution >= 0.6 is 11.6 Å². The number of halogens is 1. The minimum atomic E-state index is -0.684. The van der Waals surface area contributed by atoms with Gasteiger partial charge in [-0.2, -0.15) is 5.26 Å². The van der Waals surface area contributed by atoms with E-state index in [0.717, 1.165) is 11.1 Å². The van der Waals surface area contributed by atoms with Gasteiger partial charge in [0.1, 0.15) is 5.92 Å². The molecule has 1 unspecified atom stereocenters. The molecular formula is C12H13ClN2O. The van der Waals surface area contributed by atoms with Gasteiger partial charge in [-0.05, 0) is 38.0 Å². The molecule has 1 aromatic carbocycles. The Morgan fingerprint density at radius 3 is 2.62 bits per heavy atom. The fourth-order valence-corrected chi connectivity index (χ4v) is 1.73. The number of benzene rings is 1. The van der Waals surface area contributed by atoms with Crippen molar-refractivity contribution in [1.29, 1.82) is 5.26 Å². The summed E-state index contributed by atoms with van der Waals surface area (Å²) < 4.78 is 0. The summed E-state index contributed by atoms with van der Waals surface area (Å²) in [5, 5.41) is 11.8. The maximum absolute atomic E-state index is 11.5. The average molecular weight is 237 g/mol. The molecule has 84 valence electrons. The number of hydrogen-bond donors (Lipinski definition) is 1. The Bertz CT molecular complexity index is 440. The topological polar surface area (TPSA) is 52.9 Å². The lowest BCUT2D eigenvalue weighted by Crippen LogP contribution is -2.19. The Kier molecular flexibility index (Phi) is 3.92. The summed E-state index contributed by atoms with van der Waals surface area (Å²) in [6.45, 7) is 5.35. The zero-order valence-electron chi connectivity index (χ0n) is 9.47. The molecule has 16 heavy (non-hydrogen) atoms. The Hall–Kier alpha value is -1.53. The molecule has 4 heteroatoms. The molecule has 1 N–H and O–H groups in total. The Morgan fingerprint density at radius 1 is 1.50 bits per heavy atom. The normalized spacial score (nSPS) is 11.7. The van der Waals surface area contributed by atoms with Gasteiger partial charge >= 0.3 is 0 Å². The van der Waals surface area contributed by atoms with Crippen molar-refractivity contribution in [1.82, 2.24) is 0 Å². The van der Waals surface area contributed by atoms with Crippen molar-refractivity contribution in [2.75, 3.05) is 5.32 Å². The lowest BCUT2D eigenvalue weighted by atomic mass is 10.1. The lowest BCUT2D eigenvalue weighted by Gasteiger charge is -2.12. The Balaban J connectivity index is 2.99. The quantitative estimate of drug-likeness (QED) is 0.858. The predicted octanol–water partition coefficient (Wildman–Crippen LogP) is 3.06. The largest absolute Gasteiger partial charge is 0.323 e. The van der Waals surface area contributed by atoms with Crippen molar-refractivity contribution in [2.24, 2.45) is 5.92 Å². The number of hydrogen-bond acceptors (Lipinski definition) is 2. The van der Waals surface area contributed by atoms with E-state index in [9.17, 15) is 4.79 Å². The van der Waals surface area contributed by atoms with Crippen LogP contribution in [0.2, 0.25) is 5.02 Å². The molecule has 0 bridgehead atoms. The number of anilines is 1. The molecule has 0 saturated heterocycles. The molecule has 3 nitrogen and oxygen atoms in total. The summed E-state index contributed by atoms with van der Waals surface area (Å²) >= 11 is 6.03. The standard InChI is InChI=1S/C12H13ClN2O/c1-7-4-8(2)11(10(13)5-7)15-12(16)9(3)6-14/h4-5,9H,1-3H3,(H,15,16). The van der Waals surface area contributed by atoms with E-state index in [2.05, 4.69) is 5.32 Å². The molecule has 1 amide bonds. The van der Waals surface area contributed by atoms with Gasteiger partial charge in [-0.1, -0.05) is 17.7 Å². The molecule has 0 aliphatic rings. The fourth-order valence-electron chi connectivity index (χ4n) is 1.36. The van der Waals surface area contributed by atoms with Crippen LogP contribution in [0, 0.1) is 31.1 Å². The van der Waals surface area contributed by atoms with Crippen LogP contribution in [0.3, 0.4) is 0 Å². The zero-order chi connectivity index (χ0) is 12.3. The van der Waals surface area contributed by atoms with Gasteiger partial charge in [-0.3, -0.25) is 4.79 Å². The number of rotatable bonds is 2. The van der Waals surface area contributed by atoms with Gasteiger partial charge in [0.15, 0.2) is 0 Å². The minimum Gasteiger partial charge on any atom is -0.323 e. The maximum atomic E-state index is 11.5. The smallest absolute Gasteiger partial charge is 0.241 e. The summed E-state index contributed by atoms with van der Waals surface area (Å²) in [5.74, 6) is -1.02. The molecule has 1 atom stereocenters. The molecule has 0 aliphatic carbocycles. The number of carbonyl (C=O) groups excluding carboxylic acids is 1. The second-order valence-electron chi connectivity index (χ2n) is 3.78. The second-order valence-corrected chi connectivity index (χ2v) is 4.19. The summed E-state index contributed by atoms with van der Waals surface area (Å²) in [7, 11) is 0. The first-order chi connectivity index (χ1) is 7.45. The Labute approximate surface area is 100 Å². The molecule has 0 aliphatic heterocycles. The predicted molar refractivity (Wildman–Crippen MR) is 64.3 cm³/mol. The van der Waals surface area contributed by atoms with Gasteiger partial charge in [-0.25, -0.2) is 0 Å². The van der Waals surface area contributed by atoms with E-state index >= 15 is 0 Å². The third-order valence-corrected chi connectivity index (χ3v) is 2.56. The van der Waals surface area contributed by atoms with E-state index in [4.69, 9.17) is 16.9 Å². The number of carbonyl (C=O) groups is 1. The van der Waals surface area contributed by atoms with E-state index in [0.29, 0.717) is 10.7 Å². The highest BCUT2D eigenvalue weighted by Gasteiger charge is 2.14. The van der Waals surface area contributed by atoms with Crippen molar-refractivity contribution in [2.45, 2.75) is 20.8 Å². The van der Waals surface area contributed by atoms with E-state index < -0.39 is 5.92 Å². The third kappa shape index (κ3) is 2.74. The van der Waals surface area contributed by atoms with Gasteiger partial charge in [0.25, 0.3) is 0 Å². The first kappa shape index (κ1) is 12.5. The maximum Gasteiger partial charge on any atom is 0.241 e. The molecule has 0 saturated carbocycles. The Morgan fingerprint density at radius 2 is 2.12 bits per heavy atom. The first-order valence-corrected chi connectivity index (χ1v) is 5.30. The summed E-state index contributed by atoms with van der Waals surface area (Å²) in [5.41, 5.74) is 2.51. The molecule has 1 rings (SSSR count). The SMILES string of the molecule is Cc1cc(C)c(NC(=O)C(C)C#N)c(Cl)c1. The molecule has 0 fully saturated rings. The molecule has 0 spiro atoms. The van der Waals surface area contributed by atoms with E-state index in [1.165, 1.54) is 0 Å². The van der Waals surface area contributed by atoms with E-state index in [-0.39, 0.29) is 5.91 Å². The molecule has 0 heterocycles. The summed E-state index contributed by atoms with van der Waals surface area (Å²) in [6.07, 6.45) is 0. The lowest BCUT2D eigenvalue weighted by molar-refractivity contribution is -0.117. The third-order valence-electron chi connectivity index (χ3n) is 2.27. The van der Waals surface area contributed by atoms with Crippen LogP contribution in [0.15, 0.2) is 12.1 Å². The molecule has 0 aromatic heterocycles. The van der Waals surface area contributed by atoms with Gasteiger partial charge in [-0.15, -0.1) is 0 Å². The van der Waals surface area contributed by atoms with Crippen LogP contribution in [-0.2, 0) is 4.79 Å². The van der Waals surface area contributed by atoms with Crippen LogP contribution in [0.1, 0.15) is 18.1 Å².